The SMILES string of the molecule is Nc1cc(Cc2cc(O)ccc2O)cc(C(=O)O)c1O. The van der Waals surface area contributed by atoms with Crippen molar-refractivity contribution in [1.82, 2.24) is 0 Å². The number of aromatic hydroxyl groups is 3. The topological polar surface area (TPSA) is 124 Å². The summed E-state index contributed by atoms with van der Waals surface area (Å²) >= 11 is 0. The Balaban J connectivity index is 2.44. The molecule has 0 atom stereocenters. The molecule has 2 aromatic carbocycles. The molecule has 6 nitrogen and oxygen atoms in total. The van der Waals surface area contributed by atoms with Crippen molar-refractivity contribution in [1.29, 1.82) is 0 Å². The van der Waals surface area contributed by atoms with Crippen molar-refractivity contribution in [2.24, 2.45) is 0 Å². The summed E-state index contributed by atoms with van der Waals surface area (Å²) in [5.41, 5.74) is 6.12. The number of nitrogen functional groups attached to an aromatic ring is 1. The molecule has 0 fully saturated rings. The van der Waals surface area contributed by atoms with Gasteiger partial charge in [-0.2, -0.15) is 0 Å². The van der Waals surface area contributed by atoms with Crippen LogP contribution < -0.4 is 5.73 Å². The number of nitrogens with two attached hydrogens (primary N) is 1. The molecule has 0 aromatic heterocycles. The monoisotopic (exact) mass is 275 g/mol. The summed E-state index contributed by atoms with van der Waals surface area (Å²) in [5, 5.41) is 37.6. The molecule has 0 spiro atoms. The van der Waals surface area contributed by atoms with Crippen molar-refractivity contribution in [2.45, 2.75) is 6.42 Å². The molecule has 2 aromatic rings. The van der Waals surface area contributed by atoms with Crippen LogP contribution in [-0.2, 0) is 6.42 Å². The molecule has 0 saturated heterocycles. The highest BCUT2D eigenvalue weighted by atomic mass is 16.4. The standard InChI is InChI=1S/C14H13NO5/c15-11-5-7(4-10(13(11)18)14(19)20)3-8-6-9(16)1-2-12(8)17/h1-2,4-6,16-18H,3,15H2,(H,19,20). The lowest BCUT2D eigenvalue weighted by Crippen LogP contribution is -2.02. The summed E-state index contributed by atoms with van der Waals surface area (Å²) in [7, 11) is 0. The highest BCUT2D eigenvalue weighted by molar-refractivity contribution is 5.93. The van der Waals surface area contributed by atoms with Gasteiger partial charge in [-0.3, -0.25) is 0 Å². The zero-order valence-electron chi connectivity index (χ0n) is 10.4. The van der Waals surface area contributed by atoms with Gasteiger partial charge in [0.15, 0.2) is 5.75 Å². The van der Waals surface area contributed by atoms with Crippen LogP contribution >= 0.6 is 0 Å². The maximum atomic E-state index is 11.0. The van der Waals surface area contributed by atoms with Gasteiger partial charge in [0.25, 0.3) is 0 Å². The van der Waals surface area contributed by atoms with Crippen molar-refractivity contribution in [3.05, 3.63) is 47.0 Å². The Hall–Kier alpha value is -2.89. The number of benzene rings is 2. The van der Waals surface area contributed by atoms with E-state index in [9.17, 15) is 20.1 Å². The number of aromatic carboxylic acids is 1. The molecule has 0 heterocycles. The van der Waals surface area contributed by atoms with Crippen LogP contribution in [0.25, 0.3) is 0 Å². The first kappa shape index (κ1) is 13.5. The van der Waals surface area contributed by atoms with Crippen molar-refractivity contribution in [3.63, 3.8) is 0 Å². The highest BCUT2D eigenvalue weighted by Gasteiger charge is 2.15. The van der Waals surface area contributed by atoms with Gasteiger partial charge in [0, 0.05) is 12.0 Å². The molecule has 6 N–H and O–H groups in total. The lowest BCUT2D eigenvalue weighted by Gasteiger charge is -2.09. The fraction of sp³-hybridized carbons (Fsp3) is 0.0714. The zero-order chi connectivity index (χ0) is 14.9. The zero-order valence-corrected chi connectivity index (χ0v) is 10.4. The molecule has 0 bridgehead atoms. The second kappa shape index (κ2) is 5.00. The number of anilines is 1. The minimum atomic E-state index is -1.30. The lowest BCUT2D eigenvalue weighted by molar-refractivity contribution is 0.0693. The molecule has 0 saturated carbocycles. The van der Waals surface area contributed by atoms with Gasteiger partial charge in [-0.25, -0.2) is 4.79 Å². The van der Waals surface area contributed by atoms with Gasteiger partial charge in [0.1, 0.15) is 17.1 Å². The number of carboxylic acids is 1. The lowest BCUT2D eigenvalue weighted by atomic mass is 10.00. The molecule has 6 heteroatoms. The minimum Gasteiger partial charge on any atom is -0.508 e. The van der Waals surface area contributed by atoms with Crippen LogP contribution in [-0.4, -0.2) is 26.4 Å². The van der Waals surface area contributed by atoms with Crippen molar-refractivity contribution in [2.75, 3.05) is 5.73 Å². The molecule has 20 heavy (non-hydrogen) atoms. The van der Waals surface area contributed by atoms with E-state index >= 15 is 0 Å². The normalized spacial score (nSPS) is 10.4. The van der Waals surface area contributed by atoms with E-state index in [1.54, 1.807) is 0 Å². The van der Waals surface area contributed by atoms with Crippen LogP contribution in [0.1, 0.15) is 21.5 Å². The predicted molar refractivity (Wildman–Crippen MR) is 72.1 cm³/mol. The first-order chi connectivity index (χ1) is 9.38. The van der Waals surface area contributed by atoms with Gasteiger partial charge in [0.05, 0.1) is 5.69 Å². The number of hydrogen-bond acceptors (Lipinski definition) is 5. The van der Waals surface area contributed by atoms with E-state index in [-0.39, 0.29) is 29.2 Å². The maximum Gasteiger partial charge on any atom is 0.339 e. The van der Waals surface area contributed by atoms with Crippen molar-refractivity contribution < 1.29 is 25.2 Å². The third-order valence-corrected chi connectivity index (χ3v) is 2.89. The molecule has 0 aliphatic heterocycles. The second-order valence-electron chi connectivity index (χ2n) is 4.38. The van der Waals surface area contributed by atoms with Crippen molar-refractivity contribution in [3.8, 4) is 17.2 Å². The van der Waals surface area contributed by atoms with E-state index in [1.807, 2.05) is 0 Å². The van der Waals surface area contributed by atoms with Gasteiger partial charge >= 0.3 is 5.97 Å². The van der Waals surface area contributed by atoms with Gasteiger partial charge < -0.3 is 26.2 Å². The van der Waals surface area contributed by atoms with Crippen LogP contribution in [0.15, 0.2) is 30.3 Å². The molecular weight excluding hydrogens is 262 g/mol. The van der Waals surface area contributed by atoms with Crippen LogP contribution in [0, 0.1) is 0 Å². The molecule has 0 aliphatic rings. The summed E-state index contributed by atoms with van der Waals surface area (Å²) in [6.45, 7) is 0. The Labute approximate surface area is 114 Å². The largest absolute Gasteiger partial charge is 0.508 e. The number of phenolic OH excluding ortho intramolecular Hbond substituents is 2. The van der Waals surface area contributed by atoms with Gasteiger partial charge in [0.2, 0.25) is 0 Å². The third kappa shape index (κ3) is 2.59. The number of phenols is 3. The summed E-state index contributed by atoms with van der Waals surface area (Å²) in [6, 6.07) is 6.75. The average molecular weight is 275 g/mol. The van der Waals surface area contributed by atoms with E-state index in [2.05, 4.69) is 0 Å². The van der Waals surface area contributed by atoms with Crippen LogP contribution in [0.4, 0.5) is 5.69 Å². The predicted octanol–water partition coefficient (Wildman–Crippen LogP) is 1.67. The van der Waals surface area contributed by atoms with E-state index in [1.165, 1.54) is 30.3 Å². The molecular formula is C14H13NO5. The van der Waals surface area contributed by atoms with Crippen molar-refractivity contribution >= 4 is 11.7 Å². The number of carboxylic acid groups (broad SMARTS) is 1. The van der Waals surface area contributed by atoms with E-state index < -0.39 is 11.7 Å². The fourth-order valence-corrected chi connectivity index (χ4v) is 1.92. The Morgan fingerprint density at radius 2 is 1.80 bits per heavy atom. The molecule has 104 valence electrons. The first-order valence-electron chi connectivity index (χ1n) is 5.74. The smallest absolute Gasteiger partial charge is 0.339 e. The quantitative estimate of drug-likeness (QED) is 0.330. The first-order valence-corrected chi connectivity index (χ1v) is 5.74. The average Bonchev–Trinajstić information content (AvgIpc) is 2.37. The second-order valence-corrected chi connectivity index (χ2v) is 4.38. The summed E-state index contributed by atoms with van der Waals surface area (Å²) in [4.78, 5) is 11.0. The number of rotatable bonds is 3. The summed E-state index contributed by atoms with van der Waals surface area (Å²) in [6.07, 6.45) is 0.172. The third-order valence-electron chi connectivity index (χ3n) is 2.89. The number of hydrogen-bond donors (Lipinski definition) is 5. The Morgan fingerprint density at radius 1 is 1.10 bits per heavy atom. The van der Waals surface area contributed by atoms with Crippen LogP contribution in [0.5, 0.6) is 17.2 Å². The maximum absolute atomic E-state index is 11.0. The fourth-order valence-electron chi connectivity index (χ4n) is 1.92. The Kier molecular flexibility index (Phi) is 3.39. The molecule has 0 aliphatic carbocycles. The molecule has 0 unspecified atom stereocenters. The summed E-state index contributed by atoms with van der Waals surface area (Å²) in [5.74, 6) is -1.81. The minimum absolute atomic E-state index is 0.0111. The molecule has 0 radical (unpaired) electrons. The molecule has 2 rings (SSSR count). The van der Waals surface area contributed by atoms with Gasteiger partial charge in [-0.15, -0.1) is 0 Å². The summed E-state index contributed by atoms with van der Waals surface area (Å²) < 4.78 is 0. The number of carbonyl (C=O) groups is 1. The van der Waals surface area contributed by atoms with Crippen LogP contribution in [0.3, 0.4) is 0 Å². The van der Waals surface area contributed by atoms with Gasteiger partial charge in [-0.05, 0) is 35.9 Å². The Bertz CT molecular complexity index is 682. The highest BCUT2D eigenvalue weighted by Crippen LogP contribution is 2.30. The van der Waals surface area contributed by atoms with Gasteiger partial charge in [-0.1, -0.05) is 0 Å². The van der Waals surface area contributed by atoms with E-state index in [0.717, 1.165) is 0 Å². The van der Waals surface area contributed by atoms with E-state index in [4.69, 9.17) is 10.8 Å². The molecule has 0 amide bonds. The van der Waals surface area contributed by atoms with E-state index in [0.29, 0.717) is 11.1 Å². The Morgan fingerprint density at radius 3 is 2.45 bits per heavy atom. The van der Waals surface area contributed by atoms with Crippen LogP contribution in [0.2, 0.25) is 0 Å².